The SMILES string of the molecule is CC(C)Oc1ccccc1OCCN1CCCc2ccccc21. The summed E-state index contributed by atoms with van der Waals surface area (Å²) in [5.41, 5.74) is 2.80. The van der Waals surface area contributed by atoms with Crippen LogP contribution in [0.15, 0.2) is 48.5 Å². The lowest BCUT2D eigenvalue weighted by Gasteiger charge is -2.31. The van der Waals surface area contributed by atoms with Gasteiger partial charge in [-0.05, 0) is 50.5 Å². The summed E-state index contributed by atoms with van der Waals surface area (Å²) in [5.74, 6) is 1.65. The van der Waals surface area contributed by atoms with Crippen LogP contribution in [-0.2, 0) is 6.42 Å². The van der Waals surface area contributed by atoms with Crippen molar-refractivity contribution in [2.75, 3.05) is 24.6 Å². The van der Waals surface area contributed by atoms with E-state index < -0.39 is 0 Å². The molecule has 0 fully saturated rings. The minimum absolute atomic E-state index is 0.147. The Morgan fingerprint density at radius 1 is 1.00 bits per heavy atom. The van der Waals surface area contributed by atoms with E-state index in [2.05, 4.69) is 29.2 Å². The smallest absolute Gasteiger partial charge is 0.161 e. The molecule has 2 aromatic carbocycles. The molecule has 0 aromatic heterocycles. The topological polar surface area (TPSA) is 21.7 Å². The molecule has 1 heterocycles. The highest BCUT2D eigenvalue weighted by atomic mass is 16.5. The third-order valence-electron chi connectivity index (χ3n) is 4.04. The van der Waals surface area contributed by atoms with Crippen molar-refractivity contribution in [3.05, 3.63) is 54.1 Å². The van der Waals surface area contributed by atoms with E-state index in [0.29, 0.717) is 6.61 Å². The first kappa shape index (κ1) is 15.7. The normalized spacial score (nSPS) is 13.8. The summed E-state index contributed by atoms with van der Waals surface area (Å²) in [6, 6.07) is 16.6. The lowest BCUT2D eigenvalue weighted by atomic mass is 10.0. The molecule has 1 aliphatic rings. The first-order chi connectivity index (χ1) is 11.2. The largest absolute Gasteiger partial charge is 0.488 e. The predicted octanol–water partition coefficient (Wildman–Crippen LogP) is 4.31. The van der Waals surface area contributed by atoms with Crippen LogP contribution >= 0.6 is 0 Å². The highest BCUT2D eigenvalue weighted by molar-refractivity contribution is 5.55. The Kier molecular flexibility index (Phi) is 5.06. The molecule has 0 atom stereocenters. The fraction of sp³-hybridized carbons (Fsp3) is 0.400. The van der Waals surface area contributed by atoms with Gasteiger partial charge in [0.05, 0.1) is 12.6 Å². The second kappa shape index (κ2) is 7.40. The van der Waals surface area contributed by atoms with E-state index in [1.54, 1.807) is 0 Å². The Labute approximate surface area is 138 Å². The minimum atomic E-state index is 0.147. The minimum Gasteiger partial charge on any atom is -0.488 e. The van der Waals surface area contributed by atoms with Crippen molar-refractivity contribution >= 4 is 5.69 Å². The van der Waals surface area contributed by atoms with E-state index in [1.165, 1.54) is 24.1 Å². The Morgan fingerprint density at radius 2 is 1.74 bits per heavy atom. The molecule has 0 N–H and O–H groups in total. The van der Waals surface area contributed by atoms with Crippen molar-refractivity contribution < 1.29 is 9.47 Å². The number of aryl methyl sites for hydroxylation is 1. The Balaban J connectivity index is 1.61. The molecule has 0 aliphatic carbocycles. The molecule has 0 saturated heterocycles. The zero-order chi connectivity index (χ0) is 16.1. The van der Waals surface area contributed by atoms with Gasteiger partial charge in [-0.2, -0.15) is 0 Å². The number of nitrogens with zero attached hydrogens (tertiary/aromatic N) is 1. The summed E-state index contributed by atoms with van der Waals surface area (Å²) >= 11 is 0. The first-order valence-corrected chi connectivity index (χ1v) is 8.45. The van der Waals surface area contributed by atoms with Crippen LogP contribution in [0.1, 0.15) is 25.8 Å². The van der Waals surface area contributed by atoms with E-state index in [0.717, 1.165) is 24.6 Å². The molecular formula is C20H25NO2. The van der Waals surface area contributed by atoms with Crippen LogP contribution in [0.25, 0.3) is 0 Å². The Bertz CT molecular complexity index is 639. The van der Waals surface area contributed by atoms with E-state index >= 15 is 0 Å². The van der Waals surface area contributed by atoms with E-state index in [9.17, 15) is 0 Å². The molecule has 0 radical (unpaired) electrons. The van der Waals surface area contributed by atoms with Gasteiger partial charge in [0.2, 0.25) is 0 Å². The van der Waals surface area contributed by atoms with Gasteiger partial charge in [0.1, 0.15) is 6.61 Å². The zero-order valence-electron chi connectivity index (χ0n) is 14.0. The second-order valence-corrected chi connectivity index (χ2v) is 6.18. The van der Waals surface area contributed by atoms with Crippen LogP contribution in [-0.4, -0.2) is 25.8 Å². The fourth-order valence-corrected chi connectivity index (χ4v) is 3.03. The lowest BCUT2D eigenvalue weighted by molar-refractivity contribution is 0.222. The van der Waals surface area contributed by atoms with Gasteiger partial charge in [-0.25, -0.2) is 0 Å². The fourth-order valence-electron chi connectivity index (χ4n) is 3.03. The quantitative estimate of drug-likeness (QED) is 0.793. The predicted molar refractivity (Wildman–Crippen MR) is 94.7 cm³/mol. The summed E-state index contributed by atoms with van der Waals surface area (Å²) in [6.07, 6.45) is 2.54. The van der Waals surface area contributed by atoms with Crippen molar-refractivity contribution in [1.29, 1.82) is 0 Å². The first-order valence-electron chi connectivity index (χ1n) is 8.45. The lowest BCUT2D eigenvalue weighted by Crippen LogP contribution is -2.33. The molecule has 23 heavy (non-hydrogen) atoms. The molecule has 0 bridgehead atoms. The average molecular weight is 311 g/mol. The molecular weight excluding hydrogens is 286 g/mol. The highest BCUT2D eigenvalue weighted by Gasteiger charge is 2.16. The number of ether oxygens (including phenoxy) is 2. The van der Waals surface area contributed by atoms with E-state index in [1.807, 2.05) is 38.1 Å². The Morgan fingerprint density at radius 3 is 2.57 bits per heavy atom. The summed E-state index contributed by atoms with van der Waals surface area (Å²) in [7, 11) is 0. The zero-order valence-corrected chi connectivity index (χ0v) is 14.0. The maximum absolute atomic E-state index is 5.99. The van der Waals surface area contributed by atoms with Crippen molar-refractivity contribution in [1.82, 2.24) is 0 Å². The summed E-state index contributed by atoms with van der Waals surface area (Å²) in [5, 5.41) is 0. The van der Waals surface area contributed by atoms with Crippen LogP contribution in [0.5, 0.6) is 11.5 Å². The molecule has 2 aromatic rings. The molecule has 122 valence electrons. The van der Waals surface area contributed by atoms with E-state index in [4.69, 9.17) is 9.47 Å². The standard InChI is InChI=1S/C20H25NO2/c1-16(2)23-20-12-6-5-11-19(20)22-15-14-21-13-7-9-17-8-3-4-10-18(17)21/h3-6,8,10-12,16H,7,9,13-15H2,1-2H3. The molecule has 0 unspecified atom stereocenters. The monoisotopic (exact) mass is 311 g/mol. The van der Waals surface area contributed by atoms with Crippen LogP contribution < -0.4 is 14.4 Å². The van der Waals surface area contributed by atoms with Gasteiger partial charge in [0.15, 0.2) is 11.5 Å². The van der Waals surface area contributed by atoms with Crippen molar-refractivity contribution in [2.45, 2.75) is 32.8 Å². The van der Waals surface area contributed by atoms with Crippen LogP contribution in [0.3, 0.4) is 0 Å². The van der Waals surface area contributed by atoms with Gasteiger partial charge >= 0.3 is 0 Å². The number of benzene rings is 2. The summed E-state index contributed by atoms with van der Waals surface area (Å²) in [4.78, 5) is 2.42. The number of fused-ring (bicyclic) bond motifs is 1. The number of hydrogen-bond donors (Lipinski definition) is 0. The third-order valence-corrected chi connectivity index (χ3v) is 4.04. The number of para-hydroxylation sites is 3. The summed E-state index contributed by atoms with van der Waals surface area (Å²) < 4.78 is 11.8. The van der Waals surface area contributed by atoms with Gasteiger partial charge in [-0.1, -0.05) is 30.3 Å². The summed E-state index contributed by atoms with van der Waals surface area (Å²) in [6.45, 7) is 6.72. The maximum atomic E-state index is 5.99. The molecule has 3 rings (SSSR count). The number of rotatable bonds is 6. The highest BCUT2D eigenvalue weighted by Crippen LogP contribution is 2.29. The van der Waals surface area contributed by atoms with Crippen LogP contribution in [0, 0.1) is 0 Å². The number of anilines is 1. The second-order valence-electron chi connectivity index (χ2n) is 6.18. The van der Waals surface area contributed by atoms with Gasteiger partial charge in [0.25, 0.3) is 0 Å². The average Bonchev–Trinajstić information content (AvgIpc) is 2.56. The van der Waals surface area contributed by atoms with Crippen molar-refractivity contribution in [2.24, 2.45) is 0 Å². The van der Waals surface area contributed by atoms with Crippen molar-refractivity contribution in [3.63, 3.8) is 0 Å². The van der Waals surface area contributed by atoms with Gasteiger partial charge in [0, 0.05) is 12.2 Å². The molecule has 0 amide bonds. The third kappa shape index (κ3) is 3.98. The molecule has 1 aliphatic heterocycles. The van der Waals surface area contributed by atoms with Crippen molar-refractivity contribution in [3.8, 4) is 11.5 Å². The molecule has 3 heteroatoms. The number of hydrogen-bond acceptors (Lipinski definition) is 3. The molecule has 0 spiro atoms. The molecule has 3 nitrogen and oxygen atoms in total. The van der Waals surface area contributed by atoms with E-state index in [-0.39, 0.29) is 6.10 Å². The van der Waals surface area contributed by atoms with Crippen LogP contribution in [0.4, 0.5) is 5.69 Å². The molecule has 0 saturated carbocycles. The Hall–Kier alpha value is -2.16. The van der Waals surface area contributed by atoms with Gasteiger partial charge in [-0.3, -0.25) is 0 Å². The van der Waals surface area contributed by atoms with Crippen LogP contribution in [0.2, 0.25) is 0 Å². The van der Waals surface area contributed by atoms with Gasteiger partial charge < -0.3 is 14.4 Å². The maximum Gasteiger partial charge on any atom is 0.161 e. The van der Waals surface area contributed by atoms with Gasteiger partial charge in [-0.15, -0.1) is 0 Å².